The predicted molar refractivity (Wildman–Crippen MR) is 128 cm³/mol. The Kier molecular flexibility index (Phi) is 6.22. The quantitative estimate of drug-likeness (QED) is 0.376. The Hall–Kier alpha value is -3.61. The summed E-state index contributed by atoms with van der Waals surface area (Å²) in [5.41, 5.74) is 3.69. The largest absolute Gasteiger partial charge is 0.482 e. The highest BCUT2D eigenvalue weighted by Gasteiger charge is 2.23. The first kappa shape index (κ1) is 22.6. The normalized spacial score (nSPS) is 11.4. The first-order valence-electron chi connectivity index (χ1n) is 10.4. The fourth-order valence-electron chi connectivity index (χ4n) is 3.44. The molecule has 0 aliphatic heterocycles. The van der Waals surface area contributed by atoms with Crippen LogP contribution in [0.25, 0.3) is 28.1 Å². The number of hydrogen-bond acceptors (Lipinski definition) is 4. The second-order valence-corrected chi connectivity index (χ2v) is 8.53. The summed E-state index contributed by atoms with van der Waals surface area (Å²) in [6.07, 6.45) is 0. The molecule has 6 nitrogen and oxygen atoms in total. The van der Waals surface area contributed by atoms with E-state index < -0.39 is 18.2 Å². The van der Waals surface area contributed by atoms with E-state index in [1.54, 1.807) is 36.7 Å². The van der Waals surface area contributed by atoms with Crippen molar-refractivity contribution < 1.29 is 19.7 Å². The minimum absolute atomic E-state index is 0.391. The first-order valence-corrected chi connectivity index (χ1v) is 10.7. The van der Waals surface area contributed by atoms with Crippen molar-refractivity contribution in [1.29, 1.82) is 0 Å². The molecule has 0 saturated carbocycles. The summed E-state index contributed by atoms with van der Waals surface area (Å²) in [5, 5.41) is 24.5. The highest BCUT2D eigenvalue weighted by atomic mass is 35.5. The van der Waals surface area contributed by atoms with Crippen molar-refractivity contribution in [1.82, 2.24) is 9.78 Å². The van der Waals surface area contributed by atoms with Gasteiger partial charge in [0.1, 0.15) is 11.4 Å². The number of para-hydroxylation sites is 1. The van der Waals surface area contributed by atoms with Crippen molar-refractivity contribution in [3.8, 4) is 33.8 Å². The van der Waals surface area contributed by atoms with Gasteiger partial charge >= 0.3 is 5.97 Å². The van der Waals surface area contributed by atoms with Crippen molar-refractivity contribution in [3.05, 3.63) is 89.6 Å². The third-order valence-corrected chi connectivity index (χ3v) is 5.45. The summed E-state index contributed by atoms with van der Waals surface area (Å²) in [5.74, 6) is -0.532. The fourth-order valence-corrected chi connectivity index (χ4v) is 3.65. The van der Waals surface area contributed by atoms with Gasteiger partial charge in [-0.05, 0) is 55.3 Å². The summed E-state index contributed by atoms with van der Waals surface area (Å²) in [6.45, 7) is 3.00. The van der Waals surface area contributed by atoms with E-state index in [-0.39, 0.29) is 0 Å². The number of hydrogen-bond donors (Lipinski definition) is 2. The SMILES string of the molecule is CC(C)(O)c1cc(-c2ccc(-c3cccc(OCC(=O)O)c3)cc2)n(-c2ccccc2Cl)n1. The van der Waals surface area contributed by atoms with Gasteiger partial charge in [-0.2, -0.15) is 5.10 Å². The van der Waals surface area contributed by atoms with Crippen LogP contribution < -0.4 is 4.74 Å². The topological polar surface area (TPSA) is 84.6 Å². The van der Waals surface area contributed by atoms with E-state index in [4.69, 9.17) is 21.4 Å². The van der Waals surface area contributed by atoms with E-state index in [1.165, 1.54) is 0 Å². The van der Waals surface area contributed by atoms with Crippen molar-refractivity contribution >= 4 is 17.6 Å². The van der Waals surface area contributed by atoms with Crippen LogP contribution in [0, 0.1) is 0 Å². The lowest BCUT2D eigenvalue weighted by atomic mass is 10.0. The minimum Gasteiger partial charge on any atom is -0.482 e. The summed E-state index contributed by atoms with van der Waals surface area (Å²) in [6, 6.07) is 24.5. The Balaban J connectivity index is 1.71. The van der Waals surface area contributed by atoms with Gasteiger partial charge in [0.05, 0.1) is 22.1 Å². The zero-order valence-electron chi connectivity index (χ0n) is 18.2. The molecule has 1 heterocycles. The van der Waals surface area contributed by atoms with Crippen LogP contribution in [0.4, 0.5) is 0 Å². The smallest absolute Gasteiger partial charge is 0.341 e. The molecule has 0 spiro atoms. The lowest BCUT2D eigenvalue weighted by Crippen LogP contribution is -2.16. The number of aliphatic hydroxyl groups is 1. The lowest BCUT2D eigenvalue weighted by molar-refractivity contribution is -0.139. The zero-order valence-corrected chi connectivity index (χ0v) is 19.0. The van der Waals surface area contributed by atoms with Crippen LogP contribution in [-0.4, -0.2) is 32.6 Å². The first-order chi connectivity index (χ1) is 15.7. The Morgan fingerprint density at radius 3 is 2.33 bits per heavy atom. The molecule has 0 atom stereocenters. The molecule has 2 N–H and O–H groups in total. The maximum absolute atomic E-state index is 10.8. The van der Waals surface area contributed by atoms with Gasteiger partial charge in [0.15, 0.2) is 6.61 Å². The van der Waals surface area contributed by atoms with Crippen molar-refractivity contribution in [3.63, 3.8) is 0 Å². The molecule has 0 aliphatic rings. The second-order valence-electron chi connectivity index (χ2n) is 8.12. The number of rotatable bonds is 7. The van der Waals surface area contributed by atoms with Crippen LogP contribution in [0.5, 0.6) is 5.75 Å². The van der Waals surface area contributed by atoms with Crippen molar-refractivity contribution in [2.45, 2.75) is 19.4 Å². The Morgan fingerprint density at radius 1 is 0.970 bits per heavy atom. The zero-order chi connectivity index (χ0) is 23.6. The van der Waals surface area contributed by atoms with Crippen LogP contribution in [0.15, 0.2) is 78.9 Å². The van der Waals surface area contributed by atoms with E-state index in [9.17, 15) is 9.90 Å². The van der Waals surface area contributed by atoms with Gasteiger partial charge in [-0.25, -0.2) is 9.48 Å². The van der Waals surface area contributed by atoms with Gasteiger partial charge < -0.3 is 14.9 Å². The number of nitrogens with zero attached hydrogens (tertiary/aromatic N) is 2. The third kappa shape index (κ3) is 5.08. The van der Waals surface area contributed by atoms with E-state index in [0.717, 1.165) is 28.1 Å². The molecule has 0 saturated heterocycles. The highest BCUT2D eigenvalue weighted by Crippen LogP contribution is 2.32. The summed E-state index contributed by atoms with van der Waals surface area (Å²) in [4.78, 5) is 10.8. The molecule has 1 aromatic heterocycles. The monoisotopic (exact) mass is 462 g/mol. The summed E-state index contributed by atoms with van der Waals surface area (Å²) >= 11 is 6.44. The molecular formula is C26H23ClN2O4. The summed E-state index contributed by atoms with van der Waals surface area (Å²) < 4.78 is 7.03. The molecule has 7 heteroatoms. The van der Waals surface area contributed by atoms with Gasteiger partial charge in [-0.1, -0.05) is 60.1 Å². The molecule has 0 aliphatic carbocycles. The van der Waals surface area contributed by atoms with Gasteiger partial charge in [-0.3, -0.25) is 0 Å². The standard InChI is InChI=1S/C26H23ClN2O4/c1-26(2,32)24-15-23(29(28-24)22-9-4-3-8-21(22)27)18-12-10-17(11-13-18)19-6-5-7-20(14-19)33-16-25(30)31/h3-15,32H,16H2,1-2H3,(H,30,31). The molecule has 0 unspecified atom stereocenters. The molecule has 0 radical (unpaired) electrons. The molecule has 0 fully saturated rings. The number of carboxylic acids is 1. The maximum atomic E-state index is 10.8. The van der Waals surface area contributed by atoms with Crippen LogP contribution >= 0.6 is 11.6 Å². The molecular weight excluding hydrogens is 440 g/mol. The van der Waals surface area contributed by atoms with Gasteiger partial charge in [0.2, 0.25) is 0 Å². The number of carbonyl (C=O) groups is 1. The van der Waals surface area contributed by atoms with Crippen LogP contribution in [-0.2, 0) is 10.4 Å². The predicted octanol–water partition coefficient (Wildman–Crippen LogP) is 5.55. The highest BCUT2D eigenvalue weighted by molar-refractivity contribution is 6.32. The minimum atomic E-state index is -1.11. The van der Waals surface area contributed by atoms with Gasteiger partial charge in [0, 0.05) is 5.56 Å². The molecule has 4 rings (SSSR count). The maximum Gasteiger partial charge on any atom is 0.341 e. The Bertz CT molecular complexity index is 1290. The van der Waals surface area contributed by atoms with E-state index >= 15 is 0 Å². The molecule has 0 amide bonds. The van der Waals surface area contributed by atoms with Crippen molar-refractivity contribution in [2.24, 2.45) is 0 Å². The number of aliphatic carboxylic acids is 1. The summed E-state index contributed by atoms with van der Waals surface area (Å²) in [7, 11) is 0. The molecule has 3 aromatic carbocycles. The van der Waals surface area contributed by atoms with Crippen molar-refractivity contribution in [2.75, 3.05) is 6.61 Å². The molecule has 168 valence electrons. The van der Waals surface area contributed by atoms with Gasteiger partial charge in [-0.15, -0.1) is 0 Å². The van der Waals surface area contributed by atoms with E-state index in [1.807, 2.05) is 60.7 Å². The van der Waals surface area contributed by atoms with Gasteiger partial charge in [0.25, 0.3) is 0 Å². The Labute approximate surface area is 196 Å². The number of halogens is 1. The lowest BCUT2D eigenvalue weighted by Gasteiger charge is -2.13. The third-order valence-electron chi connectivity index (χ3n) is 5.13. The Morgan fingerprint density at radius 2 is 1.67 bits per heavy atom. The average molecular weight is 463 g/mol. The second kappa shape index (κ2) is 9.10. The number of ether oxygens (including phenoxy) is 1. The average Bonchev–Trinajstić information content (AvgIpc) is 3.24. The number of aromatic nitrogens is 2. The number of benzene rings is 3. The van der Waals surface area contributed by atoms with Crippen LogP contribution in [0.3, 0.4) is 0 Å². The van der Waals surface area contributed by atoms with E-state index in [0.29, 0.717) is 16.5 Å². The molecule has 33 heavy (non-hydrogen) atoms. The molecule has 0 bridgehead atoms. The van der Waals surface area contributed by atoms with E-state index in [2.05, 4.69) is 5.10 Å². The fraction of sp³-hybridized carbons (Fsp3) is 0.154. The van der Waals surface area contributed by atoms with Crippen LogP contribution in [0.1, 0.15) is 19.5 Å². The molecule has 4 aromatic rings. The number of carboxylic acid groups (broad SMARTS) is 1. The van der Waals surface area contributed by atoms with Crippen LogP contribution in [0.2, 0.25) is 5.02 Å².